The molecule has 1 aromatic carbocycles. The predicted molar refractivity (Wildman–Crippen MR) is 74.8 cm³/mol. The minimum atomic E-state index is -0.0320. The molecule has 0 fully saturated rings. The molecule has 0 amide bonds. The van der Waals surface area contributed by atoms with Gasteiger partial charge in [0.15, 0.2) is 5.65 Å². The number of nitrogens with two attached hydrogens (primary N) is 1. The summed E-state index contributed by atoms with van der Waals surface area (Å²) in [5, 5.41) is 4.26. The second kappa shape index (κ2) is 4.82. The molecule has 0 saturated heterocycles. The minimum absolute atomic E-state index is 0.0320. The average Bonchev–Trinajstić information content (AvgIpc) is 2.88. The average molecular weight is 252 g/mol. The highest BCUT2D eigenvalue weighted by atomic mass is 15.3. The zero-order valence-corrected chi connectivity index (χ0v) is 10.8. The van der Waals surface area contributed by atoms with Crippen LogP contribution in [0, 0.1) is 6.92 Å². The molecule has 1 unspecified atom stereocenters. The monoisotopic (exact) mass is 252 g/mol. The van der Waals surface area contributed by atoms with Crippen molar-refractivity contribution in [1.82, 2.24) is 14.6 Å². The molecule has 0 aliphatic rings. The number of aromatic nitrogens is 3. The molecule has 0 aliphatic carbocycles. The van der Waals surface area contributed by atoms with Crippen LogP contribution in [0.1, 0.15) is 22.9 Å². The van der Waals surface area contributed by atoms with Gasteiger partial charge in [-0.25, -0.2) is 9.50 Å². The van der Waals surface area contributed by atoms with Gasteiger partial charge in [0.1, 0.15) is 6.33 Å². The molecular weight excluding hydrogens is 236 g/mol. The predicted octanol–water partition coefficient (Wildman–Crippen LogP) is 2.28. The van der Waals surface area contributed by atoms with Crippen molar-refractivity contribution in [2.24, 2.45) is 5.73 Å². The van der Waals surface area contributed by atoms with Gasteiger partial charge in [-0.3, -0.25) is 0 Å². The molecule has 2 heterocycles. The molecular formula is C15H16N4. The van der Waals surface area contributed by atoms with E-state index in [-0.39, 0.29) is 6.04 Å². The van der Waals surface area contributed by atoms with Gasteiger partial charge in [-0.2, -0.15) is 5.10 Å². The van der Waals surface area contributed by atoms with E-state index >= 15 is 0 Å². The first-order chi connectivity index (χ1) is 9.24. The number of hydrogen-bond acceptors (Lipinski definition) is 3. The maximum atomic E-state index is 6.28. The number of fused-ring (bicyclic) bond motifs is 1. The summed E-state index contributed by atoms with van der Waals surface area (Å²) in [6, 6.07) is 14.2. The summed E-state index contributed by atoms with van der Waals surface area (Å²) in [5.41, 5.74) is 10.5. The topological polar surface area (TPSA) is 56.2 Å². The van der Waals surface area contributed by atoms with E-state index in [0.29, 0.717) is 0 Å². The zero-order valence-electron chi connectivity index (χ0n) is 10.8. The Labute approximate surface area is 111 Å². The van der Waals surface area contributed by atoms with Crippen LogP contribution in [0.4, 0.5) is 0 Å². The molecule has 0 aliphatic heterocycles. The van der Waals surface area contributed by atoms with Gasteiger partial charge in [0, 0.05) is 18.2 Å². The second-order valence-corrected chi connectivity index (χ2v) is 4.78. The number of benzene rings is 1. The van der Waals surface area contributed by atoms with Gasteiger partial charge >= 0.3 is 0 Å². The Hall–Kier alpha value is -2.20. The van der Waals surface area contributed by atoms with Gasteiger partial charge in [-0.05, 0) is 30.2 Å². The molecule has 4 heteroatoms. The van der Waals surface area contributed by atoms with Crippen LogP contribution in [0.5, 0.6) is 0 Å². The summed E-state index contributed by atoms with van der Waals surface area (Å²) in [6.45, 7) is 2.06. The van der Waals surface area contributed by atoms with Crippen molar-refractivity contribution in [3.8, 4) is 0 Å². The van der Waals surface area contributed by atoms with E-state index in [4.69, 9.17) is 5.73 Å². The quantitative estimate of drug-likeness (QED) is 0.778. The summed E-state index contributed by atoms with van der Waals surface area (Å²) in [5.74, 6) is 0. The second-order valence-electron chi connectivity index (χ2n) is 4.78. The van der Waals surface area contributed by atoms with Crippen LogP contribution in [-0.4, -0.2) is 14.6 Å². The lowest BCUT2D eigenvalue weighted by atomic mass is 10.0. The molecule has 2 N–H and O–H groups in total. The standard InChI is InChI=1S/C15H16N4/c1-11-7-13(19-15(8-11)17-10-18-19)9-14(16)12-5-3-2-4-6-12/h2-8,10,14H,9,16H2,1H3. The lowest BCUT2D eigenvalue weighted by Gasteiger charge is -2.13. The number of rotatable bonds is 3. The Balaban J connectivity index is 1.95. The summed E-state index contributed by atoms with van der Waals surface area (Å²) >= 11 is 0. The molecule has 3 rings (SSSR count). The van der Waals surface area contributed by atoms with Crippen LogP contribution in [-0.2, 0) is 6.42 Å². The van der Waals surface area contributed by atoms with Crippen molar-refractivity contribution < 1.29 is 0 Å². The van der Waals surface area contributed by atoms with Crippen LogP contribution in [0.25, 0.3) is 5.65 Å². The van der Waals surface area contributed by atoms with Crippen LogP contribution < -0.4 is 5.73 Å². The van der Waals surface area contributed by atoms with Crippen molar-refractivity contribution in [2.75, 3.05) is 0 Å². The van der Waals surface area contributed by atoms with Crippen LogP contribution >= 0.6 is 0 Å². The summed E-state index contributed by atoms with van der Waals surface area (Å²) < 4.78 is 1.86. The maximum Gasteiger partial charge on any atom is 0.155 e. The molecule has 1 atom stereocenters. The van der Waals surface area contributed by atoms with E-state index in [1.165, 1.54) is 5.56 Å². The van der Waals surface area contributed by atoms with Crippen molar-refractivity contribution in [1.29, 1.82) is 0 Å². The lowest BCUT2D eigenvalue weighted by Crippen LogP contribution is -2.15. The van der Waals surface area contributed by atoms with E-state index in [9.17, 15) is 0 Å². The number of hydrogen-bond donors (Lipinski definition) is 1. The number of pyridine rings is 1. The van der Waals surface area contributed by atoms with Gasteiger partial charge in [-0.1, -0.05) is 30.3 Å². The third kappa shape index (κ3) is 2.35. The first kappa shape index (κ1) is 11.9. The smallest absolute Gasteiger partial charge is 0.155 e. The fourth-order valence-corrected chi connectivity index (χ4v) is 2.33. The summed E-state index contributed by atoms with van der Waals surface area (Å²) in [7, 11) is 0. The van der Waals surface area contributed by atoms with E-state index in [0.717, 1.165) is 23.3 Å². The normalized spacial score (nSPS) is 12.7. The first-order valence-corrected chi connectivity index (χ1v) is 6.34. The van der Waals surface area contributed by atoms with Crippen LogP contribution in [0.15, 0.2) is 48.8 Å². The largest absolute Gasteiger partial charge is 0.324 e. The summed E-state index contributed by atoms with van der Waals surface area (Å²) in [4.78, 5) is 4.23. The highest BCUT2D eigenvalue weighted by Gasteiger charge is 2.10. The Morgan fingerprint density at radius 2 is 2.00 bits per heavy atom. The Morgan fingerprint density at radius 3 is 2.79 bits per heavy atom. The molecule has 3 aromatic rings. The molecule has 96 valence electrons. The SMILES string of the molecule is Cc1cc(CC(N)c2ccccc2)n2ncnc2c1. The van der Waals surface area contributed by atoms with Crippen molar-refractivity contribution in [3.63, 3.8) is 0 Å². The Morgan fingerprint density at radius 1 is 1.21 bits per heavy atom. The van der Waals surface area contributed by atoms with Crippen molar-refractivity contribution >= 4 is 5.65 Å². The van der Waals surface area contributed by atoms with Gasteiger partial charge in [0.25, 0.3) is 0 Å². The van der Waals surface area contributed by atoms with Gasteiger partial charge in [0.2, 0.25) is 0 Å². The zero-order chi connectivity index (χ0) is 13.2. The van der Waals surface area contributed by atoms with E-state index in [2.05, 4.69) is 35.2 Å². The van der Waals surface area contributed by atoms with Gasteiger partial charge in [0.05, 0.1) is 0 Å². The summed E-state index contributed by atoms with van der Waals surface area (Å²) in [6.07, 6.45) is 2.32. The van der Waals surface area contributed by atoms with Gasteiger partial charge < -0.3 is 5.73 Å². The third-order valence-corrected chi connectivity index (χ3v) is 3.25. The fourth-order valence-electron chi connectivity index (χ4n) is 2.33. The third-order valence-electron chi connectivity index (χ3n) is 3.25. The number of nitrogens with zero attached hydrogens (tertiary/aromatic N) is 3. The van der Waals surface area contributed by atoms with Crippen molar-refractivity contribution in [2.45, 2.75) is 19.4 Å². The highest BCUT2D eigenvalue weighted by molar-refractivity contribution is 5.42. The molecule has 19 heavy (non-hydrogen) atoms. The highest BCUT2D eigenvalue weighted by Crippen LogP contribution is 2.17. The van der Waals surface area contributed by atoms with Gasteiger partial charge in [-0.15, -0.1) is 0 Å². The number of aryl methyl sites for hydroxylation is 1. The molecule has 4 nitrogen and oxygen atoms in total. The van der Waals surface area contributed by atoms with E-state index in [1.54, 1.807) is 6.33 Å². The molecule has 0 saturated carbocycles. The van der Waals surface area contributed by atoms with Crippen LogP contribution in [0.2, 0.25) is 0 Å². The molecule has 0 bridgehead atoms. The lowest BCUT2D eigenvalue weighted by molar-refractivity contribution is 0.683. The molecule has 0 spiro atoms. The van der Waals surface area contributed by atoms with E-state index in [1.807, 2.05) is 28.8 Å². The fraction of sp³-hybridized carbons (Fsp3) is 0.200. The Bertz CT molecular complexity index is 688. The molecule has 0 radical (unpaired) electrons. The van der Waals surface area contributed by atoms with Crippen LogP contribution in [0.3, 0.4) is 0 Å². The van der Waals surface area contributed by atoms with E-state index < -0.39 is 0 Å². The van der Waals surface area contributed by atoms with Crippen molar-refractivity contribution in [3.05, 3.63) is 65.6 Å². The Kier molecular flexibility index (Phi) is 3.01. The first-order valence-electron chi connectivity index (χ1n) is 6.34. The minimum Gasteiger partial charge on any atom is -0.324 e. The maximum absolute atomic E-state index is 6.28. The molecule has 2 aromatic heterocycles.